The smallest absolute Gasteiger partial charge is 0.293 e. The summed E-state index contributed by atoms with van der Waals surface area (Å²) in [4.78, 5) is 18.8. The molecule has 1 aliphatic heterocycles. The van der Waals surface area contributed by atoms with Crippen LogP contribution in [-0.4, -0.2) is 34.4 Å². The predicted molar refractivity (Wildman–Crippen MR) is 75.5 cm³/mol. The number of anilines is 1. The molecule has 1 unspecified atom stereocenters. The summed E-state index contributed by atoms with van der Waals surface area (Å²) >= 11 is 0. The van der Waals surface area contributed by atoms with Crippen LogP contribution < -0.4 is 10.5 Å². The lowest BCUT2D eigenvalue weighted by atomic mass is 9.99. The van der Waals surface area contributed by atoms with Crippen LogP contribution in [0.1, 0.15) is 33.6 Å². The quantitative estimate of drug-likeness (QED) is 0.873. The zero-order chi connectivity index (χ0) is 14.0. The maximum absolute atomic E-state index is 12.5. The zero-order valence-electron chi connectivity index (χ0n) is 12.0. The molecule has 0 bridgehead atoms. The normalized spacial score (nSPS) is 20.6. The van der Waals surface area contributed by atoms with Crippen molar-refractivity contribution < 1.29 is 5.11 Å². The Morgan fingerprint density at radius 2 is 2.21 bits per heavy atom. The van der Waals surface area contributed by atoms with Gasteiger partial charge in [-0.1, -0.05) is 0 Å². The number of piperidine rings is 1. The fourth-order valence-electron chi connectivity index (χ4n) is 2.55. The van der Waals surface area contributed by atoms with Crippen LogP contribution in [0.2, 0.25) is 0 Å². The van der Waals surface area contributed by atoms with Gasteiger partial charge in [0.1, 0.15) is 0 Å². The summed E-state index contributed by atoms with van der Waals surface area (Å²) in [7, 11) is 0. The van der Waals surface area contributed by atoms with Crippen LogP contribution in [0.15, 0.2) is 17.2 Å². The first-order valence-corrected chi connectivity index (χ1v) is 6.87. The highest BCUT2D eigenvalue weighted by atomic mass is 16.3. The van der Waals surface area contributed by atoms with Crippen LogP contribution in [-0.2, 0) is 5.54 Å². The number of hydrogen-bond donors (Lipinski definition) is 1. The second kappa shape index (κ2) is 5.33. The van der Waals surface area contributed by atoms with E-state index in [9.17, 15) is 9.90 Å². The first kappa shape index (κ1) is 14.1. The molecule has 2 rings (SSSR count). The van der Waals surface area contributed by atoms with E-state index in [1.807, 2.05) is 25.7 Å². The number of rotatable bonds is 2. The molecule has 0 spiro atoms. The van der Waals surface area contributed by atoms with E-state index >= 15 is 0 Å². The first-order chi connectivity index (χ1) is 8.93. The maximum atomic E-state index is 12.5. The van der Waals surface area contributed by atoms with E-state index in [0.717, 1.165) is 19.4 Å². The number of hydrogen-bond acceptors (Lipinski definition) is 4. The van der Waals surface area contributed by atoms with Gasteiger partial charge in [-0.05, 0) is 39.5 Å². The Morgan fingerprint density at radius 1 is 1.47 bits per heavy atom. The molecule has 0 amide bonds. The van der Waals surface area contributed by atoms with Crippen molar-refractivity contribution in [3.8, 4) is 0 Å². The average Bonchev–Trinajstić information content (AvgIpc) is 2.37. The molecular formula is C14H23N3O2. The second-order valence-corrected chi connectivity index (χ2v) is 6.23. The molecule has 1 saturated heterocycles. The van der Waals surface area contributed by atoms with Crippen molar-refractivity contribution in [1.82, 2.24) is 9.55 Å². The van der Waals surface area contributed by atoms with Gasteiger partial charge in [-0.15, -0.1) is 0 Å². The van der Waals surface area contributed by atoms with Gasteiger partial charge in [0.15, 0.2) is 5.82 Å². The van der Waals surface area contributed by atoms with Gasteiger partial charge in [-0.2, -0.15) is 0 Å². The van der Waals surface area contributed by atoms with E-state index in [0.29, 0.717) is 12.4 Å². The fourth-order valence-corrected chi connectivity index (χ4v) is 2.55. The van der Waals surface area contributed by atoms with Crippen molar-refractivity contribution in [2.45, 2.75) is 39.2 Å². The van der Waals surface area contributed by atoms with Crippen molar-refractivity contribution >= 4 is 5.82 Å². The Kier molecular flexibility index (Phi) is 3.94. The summed E-state index contributed by atoms with van der Waals surface area (Å²) in [6, 6.07) is 0. The monoisotopic (exact) mass is 265 g/mol. The van der Waals surface area contributed by atoms with Crippen LogP contribution >= 0.6 is 0 Å². The van der Waals surface area contributed by atoms with Gasteiger partial charge < -0.3 is 14.6 Å². The van der Waals surface area contributed by atoms with Crippen LogP contribution in [0.5, 0.6) is 0 Å². The van der Waals surface area contributed by atoms with Crippen LogP contribution in [0, 0.1) is 5.92 Å². The zero-order valence-corrected chi connectivity index (χ0v) is 12.0. The molecule has 1 fully saturated rings. The van der Waals surface area contributed by atoms with Crippen molar-refractivity contribution in [3.05, 3.63) is 22.7 Å². The number of aliphatic hydroxyl groups is 1. The first-order valence-electron chi connectivity index (χ1n) is 6.87. The van der Waals surface area contributed by atoms with E-state index in [-0.39, 0.29) is 23.6 Å². The Balaban J connectivity index is 2.33. The summed E-state index contributed by atoms with van der Waals surface area (Å²) < 4.78 is 1.72. The largest absolute Gasteiger partial charge is 0.396 e. The number of aliphatic hydroxyl groups excluding tert-OH is 1. The van der Waals surface area contributed by atoms with Gasteiger partial charge in [-0.25, -0.2) is 4.98 Å². The average molecular weight is 265 g/mol. The minimum atomic E-state index is -0.249. The third-order valence-corrected chi connectivity index (χ3v) is 3.62. The van der Waals surface area contributed by atoms with Gasteiger partial charge in [0.05, 0.1) is 0 Å². The molecule has 1 aromatic heterocycles. The van der Waals surface area contributed by atoms with E-state index in [4.69, 9.17) is 0 Å². The molecule has 19 heavy (non-hydrogen) atoms. The van der Waals surface area contributed by atoms with Crippen molar-refractivity contribution in [2.75, 3.05) is 24.6 Å². The Bertz CT molecular complexity index is 490. The third kappa shape index (κ3) is 2.97. The topological polar surface area (TPSA) is 58.4 Å². The molecule has 0 aromatic carbocycles. The minimum absolute atomic E-state index is 0.0476. The molecular weight excluding hydrogens is 242 g/mol. The maximum Gasteiger partial charge on any atom is 0.293 e. The molecule has 0 radical (unpaired) electrons. The van der Waals surface area contributed by atoms with Crippen LogP contribution in [0.25, 0.3) is 0 Å². The molecule has 1 atom stereocenters. The van der Waals surface area contributed by atoms with Gasteiger partial charge in [0.25, 0.3) is 5.56 Å². The predicted octanol–water partition coefficient (Wildman–Crippen LogP) is 1.21. The molecule has 106 valence electrons. The summed E-state index contributed by atoms with van der Waals surface area (Å²) in [5, 5.41) is 9.28. The summed E-state index contributed by atoms with van der Waals surface area (Å²) in [5.41, 5.74) is -0.297. The summed E-state index contributed by atoms with van der Waals surface area (Å²) in [6.45, 7) is 7.75. The molecule has 5 nitrogen and oxygen atoms in total. The van der Waals surface area contributed by atoms with E-state index in [2.05, 4.69) is 4.98 Å². The summed E-state index contributed by atoms with van der Waals surface area (Å²) in [5.74, 6) is 0.758. The van der Waals surface area contributed by atoms with E-state index in [1.165, 1.54) is 0 Å². The van der Waals surface area contributed by atoms with E-state index in [1.54, 1.807) is 17.0 Å². The van der Waals surface area contributed by atoms with Crippen molar-refractivity contribution in [2.24, 2.45) is 5.92 Å². The van der Waals surface area contributed by atoms with Gasteiger partial charge in [0.2, 0.25) is 0 Å². The SMILES string of the molecule is CC(C)(C)n1ccnc(N2CCCC(CO)C2)c1=O. The Morgan fingerprint density at radius 3 is 2.84 bits per heavy atom. The van der Waals surface area contributed by atoms with Crippen LogP contribution in [0.4, 0.5) is 5.82 Å². The lowest BCUT2D eigenvalue weighted by Crippen LogP contribution is -2.43. The molecule has 0 saturated carbocycles. The number of nitrogens with zero attached hydrogens (tertiary/aromatic N) is 3. The Hall–Kier alpha value is -1.36. The third-order valence-electron chi connectivity index (χ3n) is 3.62. The van der Waals surface area contributed by atoms with Crippen molar-refractivity contribution in [3.63, 3.8) is 0 Å². The standard InChI is InChI=1S/C14H23N3O2/c1-14(2,3)17-8-6-15-12(13(17)19)16-7-4-5-11(9-16)10-18/h6,8,11,18H,4-5,7,9-10H2,1-3H3. The molecule has 0 aliphatic carbocycles. The summed E-state index contributed by atoms with van der Waals surface area (Å²) in [6.07, 6.45) is 5.44. The molecule has 1 aliphatic rings. The van der Waals surface area contributed by atoms with Gasteiger partial charge >= 0.3 is 0 Å². The highest BCUT2D eigenvalue weighted by molar-refractivity contribution is 5.36. The van der Waals surface area contributed by atoms with Crippen molar-refractivity contribution in [1.29, 1.82) is 0 Å². The minimum Gasteiger partial charge on any atom is -0.396 e. The van der Waals surface area contributed by atoms with E-state index < -0.39 is 0 Å². The highest BCUT2D eigenvalue weighted by Gasteiger charge is 2.24. The highest BCUT2D eigenvalue weighted by Crippen LogP contribution is 2.19. The fraction of sp³-hybridized carbons (Fsp3) is 0.714. The Labute approximate surface area is 113 Å². The second-order valence-electron chi connectivity index (χ2n) is 6.23. The molecule has 5 heteroatoms. The molecule has 1 N–H and O–H groups in total. The van der Waals surface area contributed by atoms with Gasteiger partial charge in [0, 0.05) is 37.6 Å². The van der Waals surface area contributed by atoms with Crippen LogP contribution in [0.3, 0.4) is 0 Å². The lowest BCUT2D eigenvalue weighted by Gasteiger charge is -2.33. The molecule has 2 heterocycles. The van der Waals surface area contributed by atoms with Gasteiger partial charge in [-0.3, -0.25) is 4.79 Å². The molecule has 1 aromatic rings. The number of aromatic nitrogens is 2. The lowest BCUT2D eigenvalue weighted by molar-refractivity contribution is 0.208.